The zero-order chi connectivity index (χ0) is 14.8. The number of carboxylic acids is 1. The fraction of sp³-hybridized carbons (Fsp3) is 0.571. The summed E-state index contributed by atoms with van der Waals surface area (Å²) >= 11 is 1.34. The maximum atomic E-state index is 12.2. The number of carbonyl (C=O) groups excluding carboxylic acids is 1. The fourth-order valence-corrected chi connectivity index (χ4v) is 3.42. The van der Waals surface area contributed by atoms with Crippen LogP contribution in [0.2, 0.25) is 0 Å². The minimum atomic E-state index is -1.03. The second-order valence-corrected chi connectivity index (χ2v) is 6.47. The van der Waals surface area contributed by atoms with Crippen LogP contribution in [0.25, 0.3) is 0 Å². The molecule has 1 unspecified atom stereocenters. The van der Waals surface area contributed by atoms with E-state index in [4.69, 9.17) is 0 Å². The van der Waals surface area contributed by atoms with E-state index in [1.165, 1.54) is 24.2 Å². The Kier molecular flexibility index (Phi) is 4.12. The summed E-state index contributed by atoms with van der Waals surface area (Å²) in [5.74, 6) is -1.03. The Morgan fingerprint density at radius 3 is 2.52 bits per heavy atom. The third kappa shape index (κ3) is 3.36. The Hall–Kier alpha value is -1.60. The fourth-order valence-electron chi connectivity index (χ4n) is 2.65. The van der Waals surface area contributed by atoms with Gasteiger partial charge in [0, 0.05) is 37.1 Å². The van der Waals surface area contributed by atoms with Gasteiger partial charge < -0.3 is 15.3 Å². The average molecular weight is 309 g/mol. The molecular formula is C14H19N3O3S. The molecule has 1 atom stereocenters. The van der Waals surface area contributed by atoms with Crippen molar-refractivity contribution in [1.82, 2.24) is 15.1 Å². The number of carboxylic acid groups (broad SMARTS) is 1. The molecule has 0 aromatic carbocycles. The molecule has 2 heterocycles. The number of rotatable bonds is 4. The van der Waals surface area contributed by atoms with Crippen molar-refractivity contribution in [2.75, 3.05) is 26.2 Å². The smallest absolute Gasteiger partial charge is 0.331 e. The lowest BCUT2D eigenvalue weighted by Crippen LogP contribution is -2.53. The van der Waals surface area contributed by atoms with Gasteiger partial charge in [0.1, 0.15) is 0 Å². The highest BCUT2D eigenvalue weighted by Gasteiger charge is 2.33. The van der Waals surface area contributed by atoms with Crippen LogP contribution >= 0.6 is 11.3 Å². The monoisotopic (exact) mass is 309 g/mol. The second-order valence-electron chi connectivity index (χ2n) is 5.49. The quantitative estimate of drug-likeness (QED) is 0.881. The molecule has 1 saturated heterocycles. The van der Waals surface area contributed by atoms with Crippen LogP contribution in [0.3, 0.4) is 0 Å². The minimum Gasteiger partial charge on any atom is -0.479 e. The van der Waals surface area contributed by atoms with Crippen molar-refractivity contribution in [2.24, 2.45) is 0 Å². The van der Waals surface area contributed by atoms with Crippen molar-refractivity contribution in [2.45, 2.75) is 24.9 Å². The van der Waals surface area contributed by atoms with Gasteiger partial charge >= 0.3 is 12.0 Å². The number of aliphatic carboxylic acids is 1. The maximum Gasteiger partial charge on any atom is 0.331 e. The van der Waals surface area contributed by atoms with Crippen molar-refractivity contribution in [3.63, 3.8) is 0 Å². The largest absolute Gasteiger partial charge is 0.479 e. The molecule has 7 heteroatoms. The first-order chi connectivity index (χ1) is 10.1. The number of nitrogens with zero attached hydrogens (tertiary/aromatic N) is 2. The van der Waals surface area contributed by atoms with E-state index in [0.717, 1.165) is 13.1 Å². The van der Waals surface area contributed by atoms with Gasteiger partial charge in [0.2, 0.25) is 0 Å². The van der Waals surface area contributed by atoms with Crippen LogP contribution in [0, 0.1) is 0 Å². The molecule has 1 aromatic rings. The molecule has 1 aliphatic carbocycles. The molecule has 2 N–H and O–H groups in total. The Balaban J connectivity index is 1.56. The van der Waals surface area contributed by atoms with Crippen molar-refractivity contribution in [3.8, 4) is 0 Å². The summed E-state index contributed by atoms with van der Waals surface area (Å²) in [6.07, 6.45) is 2.54. The summed E-state index contributed by atoms with van der Waals surface area (Å²) in [6, 6.07) is 2.99. The second kappa shape index (κ2) is 6.03. The number of nitrogens with one attached hydrogen (secondary N) is 1. The molecule has 1 aromatic heterocycles. The summed E-state index contributed by atoms with van der Waals surface area (Å²) in [5, 5.41) is 13.7. The van der Waals surface area contributed by atoms with Crippen molar-refractivity contribution in [1.29, 1.82) is 0 Å². The van der Waals surface area contributed by atoms with Gasteiger partial charge in [-0.05, 0) is 24.3 Å². The van der Waals surface area contributed by atoms with Crippen LogP contribution in [0.1, 0.15) is 23.8 Å². The molecule has 1 saturated carbocycles. The first-order valence-corrected chi connectivity index (χ1v) is 8.09. The summed E-state index contributed by atoms with van der Waals surface area (Å²) in [7, 11) is 0. The summed E-state index contributed by atoms with van der Waals surface area (Å²) < 4.78 is 0. The molecule has 2 fully saturated rings. The number of hydrogen-bond acceptors (Lipinski definition) is 4. The Labute approximate surface area is 127 Å². The molecule has 0 bridgehead atoms. The lowest BCUT2D eigenvalue weighted by molar-refractivity contribution is -0.139. The SMILES string of the molecule is O=C(O)C(NC(=O)N1CCN(C2CC2)CC1)c1cccs1. The normalized spacial score (nSPS) is 21.0. The maximum absolute atomic E-state index is 12.2. The van der Waals surface area contributed by atoms with E-state index in [0.29, 0.717) is 24.0 Å². The molecule has 2 aliphatic rings. The first-order valence-electron chi connectivity index (χ1n) is 7.21. The van der Waals surface area contributed by atoms with Gasteiger partial charge in [-0.2, -0.15) is 0 Å². The predicted molar refractivity (Wildman–Crippen MR) is 79.4 cm³/mol. The molecule has 3 rings (SSSR count). The number of urea groups is 1. The molecule has 0 radical (unpaired) electrons. The van der Waals surface area contributed by atoms with E-state index in [1.54, 1.807) is 17.0 Å². The first kappa shape index (κ1) is 14.3. The summed E-state index contributed by atoms with van der Waals surface area (Å²) in [6.45, 7) is 3.10. The van der Waals surface area contributed by atoms with Crippen LogP contribution < -0.4 is 5.32 Å². The van der Waals surface area contributed by atoms with Crippen LogP contribution in [0.4, 0.5) is 4.79 Å². The Morgan fingerprint density at radius 1 is 1.29 bits per heavy atom. The highest BCUT2D eigenvalue weighted by atomic mass is 32.1. The van der Waals surface area contributed by atoms with Gasteiger partial charge in [-0.15, -0.1) is 11.3 Å². The third-order valence-corrected chi connectivity index (χ3v) is 4.94. The van der Waals surface area contributed by atoms with E-state index >= 15 is 0 Å². The lowest BCUT2D eigenvalue weighted by atomic mass is 10.2. The van der Waals surface area contributed by atoms with Gasteiger partial charge in [-0.1, -0.05) is 6.07 Å². The van der Waals surface area contributed by atoms with Crippen molar-refractivity contribution < 1.29 is 14.7 Å². The van der Waals surface area contributed by atoms with Crippen molar-refractivity contribution in [3.05, 3.63) is 22.4 Å². The average Bonchev–Trinajstić information content (AvgIpc) is 3.20. The number of piperazine rings is 1. The van der Waals surface area contributed by atoms with E-state index in [9.17, 15) is 14.7 Å². The van der Waals surface area contributed by atoms with Gasteiger partial charge in [0.25, 0.3) is 0 Å². The van der Waals surface area contributed by atoms with Gasteiger partial charge in [-0.3, -0.25) is 4.90 Å². The van der Waals surface area contributed by atoms with Crippen LogP contribution in [0.15, 0.2) is 17.5 Å². The van der Waals surface area contributed by atoms with Crippen LogP contribution in [-0.2, 0) is 4.79 Å². The van der Waals surface area contributed by atoms with Gasteiger partial charge in [0.15, 0.2) is 6.04 Å². The number of carbonyl (C=O) groups is 2. The standard InChI is InChI=1S/C14H19N3O3S/c18-13(19)12(11-2-1-9-21-11)15-14(20)17-7-5-16(6-8-17)10-3-4-10/h1-2,9-10,12H,3-8H2,(H,15,20)(H,18,19). The zero-order valence-electron chi connectivity index (χ0n) is 11.7. The van der Waals surface area contributed by atoms with Crippen LogP contribution in [-0.4, -0.2) is 59.1 Å². The molecule has 114 valence electrons. The minimum absolute atomic E-state index is 0.286. The summed E-state index contributed by atoms with van der Waals surface area (Å²) in [4.78, 5) is 28.3. The third-order valence-electron chi connectivity index (χ3n) is 4.01. The molecule has 0 spiro atoms. The van der Waals surface area contributed by atoms with Crippen molar-refractivity contribution >= 4 is 23.3 Å². The highest BCUT2D eigenvalue weighted by Crippen LogP contribution is 2.27. The summed E-state index contributed by atoms with van der Waals surface area (Å²) in [5.41, 5.74) is 0. The Bertz CT molecular complexity index is 508. The molecular weight excluding hydrogens is 290 g/mol. The molecule has 21 heavy (non-hydrogen) atoms. The van der Waals surface area contributed by atoms with Gasteiger partial charge in [-0.25, -0.2) is 9.59 Å². The molecule has 6 nitrogen and oxygen atoms in total. The number of thiophene rings is 1. The Morgan fingerprint density at radius 2 is 2.00 bits per heavy atom. The lowest BCUT2D eigenvalue weighted by Gasteiger charge is -2.35. The number of amides is 2. The zero-order valence-corrected chi connectivity index (χ0v) is 12.5. The highest BCUT2D eigenvalue weighted by molar-refractivity contribution is 7.10. The predicted octanol–water partition coefficient (Wildman–Crippen LogP) is 1.36. The van der Waals surface area contributed by atoms with E-state index in [-0.39, 0.29) is 6.03 Å². The van der Waals surface area contributed by atoms with E-state index < -0.39 is 12.0 Å². The number of hydrogen-bond donors (Lipinski definition) is 2. The molecule has 1 aliphatic heterocycles. The van der Waals surface area contributed by atoms with Gasteiger partial charge in [0.05, 0.1) is 0 Å². The molecule has 2 amide bonds. The van der Waals surface area contributed by atoms with E-state index in [2.05, 4.69) is 10.2 Å². The van der Waals surface area contributed by atoms with Crippen LogP contribution in [0.5, 0.6) is 0 Å². The topological polar surface area (TPSA) is 72.9 Å². The van der Waals surface area contributed by atoms with E-state index in [1.807, 2.05) is 5.38 Å².